The van der Waals surface area contributed by atoms with Crippen molar-refractivity contribution in [3.63, 3.8) is 0 Å². The van der Waals surface area contributed by atoms with E-state index in [2.05, 4.69) is 6.92 Å². The fraction of sp³-hybridized carbons (Fsp3) is 0.900. The number of nitrogens with zero attached hydrogens (tertiary/aromatic N) is 2. The molecule has 0 aromatic heterocycles. The number of rotatable bonds is 7. The van der Waals surface area contributed by atoms with E-state index < -0.39 is 11.3 Å². The minimum atomic E-state index is -2.98. The molecule has 0 radical (unpaired) electrons. The highest BCUT2D eigenvalue weighted by atomic mass is 32.2. The smallest absolute Gasteiger partial charge is 0.259 e. The zero-order chi connectivity index (χ0) is 19.8. The van der Waals surface area contributed by atoms with E-state index in [0.717, 1.165) is 38.4 Å². The first-order valence-corrected chi connectivity index (χ1v) is 11.4. The van der Waals surface area contributed by atoms with Gasteiger partial charge in [0.1, 0.15) is 5.41 Å². The number of unbranched alkanes of at least 4 members (excludes halogenated alkanes) is 1. The summed E-state index contributed by atoms with van der Waals surface area (Å²) in [5.74, 6) is -2.25. The zero-order valence-electron chi connectivity index (χ0n) is 16.7. The summed E-state index contributed by atoms with van der Waals surface area (Å²) in [5, 5.41) is -0.0907. The third kappa shape index (κ3) is 3.99. The van der Waals surface area contributed by atoms with E-state index in [1.54, 1.807) is 16.7 Å². The van der Waals surface area contributed by atoms with Crippen molar-refractivity contribution in [3.8, 4) is 0 Å². The molecule has 3 aliphatic rings. The monoisotopic (exact) mass is 402 g/mol. The highest BCUT2D eigenvalue weighted by Gasteiger charge is 2.67. The fourth-order valence-corrected chi connectivity index (χ4v) is 5.65. The minimum absolute atomic E-state index is 0.00294. The molecule has 0 spiro atoms. The summed E-state index contributed by atoms with van der Waals surface area (Å²) in [6, 6.07) is -0.107. The predicted molar refractivity (Wildman–Crippen MR) is 104 cm³/mol. The third-order valence-corrected chi connectivity index (χ3v) is 7.77. The first kappa shape index (κ1) is 20.9. The van der Waals surface area contributed by atoms with Gasteiger partial charge in [0.2, 0.25) is 11.8 Å². The molecule has 2 aliphatic heterocycles. The van der Waals surface area contributed by atoms with Crippen molar-refractivity contribution in [2.24, 2.45) is 5.41 Å². The van der Waals surface area contributed by atoms with Crippen LogP contribution in [0.4, 0.5) is 8.78 Å². The Hall–Kier alpha value is -0.850. The van der Waals surface area contributed by atoms with Crippen molar-refractivity contribution in [3.05, 3.63) is 0 Å². The first-order valence-electron chi connectivity index (χ1n) is 10.3. The van der Waals surface area contributed by atoms with Gasteiger partial charge >= 0.3 is 0 Å². The van der Waals surface area contributed by atoms with Crippen molar-refractivity contribution < 1.29 is 18.4 Å². The van der Waals surface area contributed by atoms with Crippen LogP contribution < -0.4 is 0 Å². The third-order valence-electron chi connectivity index (χ3n) is 6.54. The molecule has 27 heavy (non-hydrogen) atoms. The average Bonchev–Trinajstić information content (AvgIpc) is 3.35. The van der Waals surface area contributed by atoms with Crippen LogP contribution in [-0.4, -0.2) is 63.7 Å². The van der Waals surface area contributed by atoms with Gasteiger partial charge in [-0.25, -0.2) is 8.78 Å². The van der Waals surface area contributed by atoms with Crippen LogP contribution in [0.2, 0.25) is 0 Å². The fourth-order valence-electron chi connectivity index (χ4n) is 4.55. The molecule has 2 heterocycles. The molecule has 2 saturated heterocycles. The second-order valence-corrected chi connectivity index (χ2v) is 9.96. The number of amides is 2. The van der Waals surface area contributed by atoms with Gasteiger partial charge in [0, 0.05) is 32.1 Å². The van der Waals surface area contributed by atoms with Crippen LogP contribution in [-0.2, 0) is 9.59 Å². The summed E-state index contributed by atoms with van der Waals surface area (Å²) in [6.07, 6.45) is 5.14. The van der Waals surface area contributed by atoms with Gasteiger partial charge in [-0.15, -0.1) is 11.8 Å². The minimum Gasteiger partial charge on any atom is -0.340 e. The van der Waals surface area contributed by atoms with E-state index in [1.807, 2.05) is 11.8 Å². The van der Waals surface area contributed by atoms with Crippen LogP contribution >= 0.6 is 11.8 Å². The van der Waals surface area contributed by atoms with Gasteiger partial charge in [0.05, 0.1) is 5.25 Å². The first-order chi connectivity index (χ1) is 12.7. The Morgan fingerprint density at radius 3 is 2.48 bits per heavy atom. The van der Waals surface area contributed by atoms with E-state index in [-0.39, 0.29) is 42.0 Å². The number of alkyl halides is 2. The Morgan fingerprint density at radius 2 is 1.89 bits per heavy atom. The number of hydrogen-bond donors (Lipinski definition) is 0. The zero-order valence-corrected chi connectivity index (χ0v) is 17.5. The van der Waals surface area contributed by atoms with Gasteiger partial charge in [0.15, 0.2) is 0 Å². The molecule has 3 unspecified atom stereocenters. The lowest BCUT2D eigenvalue weighted by Gasteiger charge is -2.34. The molecular weight excluding hydrogens is 370 g/mol. The van der Waals surface area contributed by atoms with Gasteiger partial charge in [-0.3, -0.25) is 9.59 Å². The lowest BCUT2D eigenvalue weighted by Crippen LogP contribution is -2.51. The van der Waals surface area contributed by atoms with E-state index in [0.29, 0.717) is 19.5 Å². The van der Waals surface area contributed by atoms with Crippen LogP contribution in [0.5, 0.6) is 0 Å². The number of thioether (sulfide) groups is 1. The van der Waals surface area contributed by atoms with Gasteiger partial charge in [0.25, 0.3) is 5.92 Å². The molecule has 0 aromatic rings. The second-order valence-electron chi connectivity index (χ2n) is 8.51. The summed E-state index contributed by atoms with van der Waals surface area (Å²) in [6.45, 7) is 6.08. The van der Waals surface area contributed by atoms with Crippen molar-refractivity contribution >= 4 is 23.6 Å². The summed E-state index contributed by atoms with van der Waals surface area (Å²) >= 11 is 1.68. The van der Waals surface area contributed by atoms with E-state index >= 15 is 0 Å². The molecule has 2 bridgehead atoms. The lowest BCUT2D eigenvalue weighted by molar-refractivity contribution is -0.155. The van der Waals surface area contributed by atoms with Crippen LogP contribution in [0.15, 0.2) is 0 Å². The number of carbonyl (C=O) groups is 2. The summed E-state index contributed by atoms with van der Waals surface area (Å²) in [7, 11) is 0. The molecule has 3 atom stereocenters. The summed E-state index contributed by atoms with van der Waals surface area (Å²) in [5.41, 5.74) is -1.49. The lowest BCUT2D eigenvalue weighted by atomic mass is 9.96. The molecule has 1 aliphatic carbocycles. The van der Waals surface area contributed by atoms with Crippen molar-refractivity contribution in [2.45, 2.75) is 89.0 Å². The maximum atomic E-state index is 14.1. The second kappa shape index (κ2) is 7.88. The highest BCUT2D eigenvalue weighted by Crippen LogP contribution is 2.58. The number of carbonyl (C=O) groups excluding carboxylic acids is 2. The molecule has 2 amide bonds. The Balaban J connectivity index is 1.67. The maximum absolute atomic E-state index is 14.1. The molecule has 154 valence electrons. The Bertz CT molecular complexity index is 577. The maximum Gasteiger partial charge on any atom is 0.259 e. The Kier molecular flexibility index (Phi) is 6.09. The van der Waals surface area contributed by atoms with Gasteiger partial charge in [-0.05, 0) is 51.2 Å². The van der Waals surface area contributed by atoms with E-state index in [1.165, 1.54) is 0 Å². The molecule has 3 rings (SSSR count). The number of halogens is 2. The average molecular weight is 403 g/mol. The quantitative estimate of drug-likeness (QED) is 0.606. The van der Waals surface area contributed by atoms with Crippen LogP contribution in [0.25, 0.3) is 0 Å². The molecule has 0 aromatic carbocycles. The predicted octanol–water partition coefficient (Wildman–Crippen LogP) is 3.94. The molecular formula is C20H32F2N2O2S. The molecule has 1 saturated carbocycles. The standard InChI is InChI=1S/C20H32F2N2O2S/c1-4-5-12-27-14(2)17(25)23-11-8-15-6-7-16(13-23)24(15)18(26)20(9-10-20)19(3,21)22/h14-16H,4-13H2,1-3H3. The largest absolute Gasteiger partial charge is 0.340 e. The van der Waals surface area contributed by atoms with Gasteiger partial charge < -0.3 is 9.80 Å². The normalized spacial score (nSPS) is 28.0. The Labute approximate surface area is 165 Å². The topological polar surface area (TPSA) is 40.6 Å². The van der Waals surface area contributed by atoms with E-state index in [9.17, 15) is 18.4 Å². The summed E-state index contributed by atoms with van der Waals surface area (Å²) < 4.78 is 28.2. The number of hydrogen-bond acceptors (Lipinski definition) is 3. The van der Waals surface area contributed by atoms with Gasteiger partial charge in [-0.2, -0.15) is 0 Å². The highest BCUT2D eigenvalue weighted by molar-refractivity contribution is 8.00. The van der Waals surface area contributed by atoms with E-state index in [4.69, 9.17) is 0 Å². The van der Waals surface area contributed by atoms with Gasteiger partial charge in [-0.1, -0.05) is 13.3 Å². The van der Waals surface area contributed by atoms with Crippen molar-refractivity contribution in [1.29, 1.82) is 0 Å². The summed E-state index contributed by atoms with van der Waals surface area (Å²) in [4.78, 5) is 29.5. The molecule has 3 fully saturated rings. The van der Waals surface area contributed by atoms with Crippen molar-refractivity contribution in [2.75, 3.05) is 18.8 Å². The molecule has 7 heteroatoms. The SMILES string of the molecule is CCCCSC(C)C(=O)N1CCC2CCC(C1)N2C(=O)C1(C(C)(F)F)CC1. The van der Waals surface area contributed by atoms with Crippen molar-refractivity contribution in [1.82, 2.24) is 9.80 Å². The number of likely N-dealkylation sites (tertiary alicyclic amines) is 1. The molecule has 0 N–H and O–H groups in total. The van der Waals surface area contributed by atoms with Crippen LogP contribution in [0.1, 0.15) is 65.7 Å². The van der Waals surface area contributed by atoms with Crippen LogP contribution in [0, 0.1) is 5.41 Å². The number of fused-ring (bicyclic) bond motifs is 2. The van der Waals surface area contributed by atoms with Crippen LogP contribution in [0.3, 0.4) is 0 Å². The Morgan fingerprint density at radius 1 is 1.22 bits per heavy atom. The molecule has 4 nitrogen and oxygen atoms in total.